The van der Waals surface area contributed by atoms with Gasteiger partial charge in [-0.3, -0.25) is 4.79 Å². The maximum atomic E-state index is 12.7. The van der Waals surface area contributed by atoms with Crippen molar-refractivity contribution in [2.24, 2.45) is 0 Å². The predicted molar refractivity (Wildman–Crippen MR) is 43.1 cm³/mol. The zero-order valence-corrected chi connectivity index (χ0v) is 6.92. The molecule has 1 N–H and O–H groups in total. The summed E-state index contributed by atoms with van der Waals surface area (Å²) in [4.78, 5) is 10.3. The molecule has 13 heavy (non-hydrogen) atoms. The summed E-state index contributed by atoms with van der Waals surface area (Å²) in [5, 5.41) is 9.02. The number of hydrogen-bond acceptors (Lipinski definition) is 2. The zero-order chi connectivity index (χ0) is 10.1. The predicted octanol–water partition coefficient (Wildman–Crippen LogP) is 2.32. The highest BCUT2D eigenvalue weighted by Crippen LogP contribution is 2.29. The van der Waals surface area contributed by atoms with Gasteiger partial charge in [0.25, 0.3) is 5.92 Å². The molecule has 0 saturated carbocycles. The van der Waals surface area contributed by atoms with Crippen LogP contribution in [0.15, 0.2) is 18.2 Å². The number of alkyl halides is 2. The molecule has 0 unspecified atom stereocenters. The molecule has 0 aliphatic rings. The third kappa shape index (κ3) is 2.02. The van der Waals surface area contributed by atoms with Gasteiger partial charge in [0, 0.05) is 12.5 Å². The Kier molecular flexibility index (Phi) is 2.32. The van der Waals surface area contributed by atoms with Crippen molar-refractivity contribution in [3.63, 3.8) is 0 Å². The molecule has 0 bridgehead atoms. The maximum Gasteiger partial charge on any atom is 0.270 e. The summed E-state index contributed by atoms with van der Waals surface area (Å²) < 4.78 is 25.4. The lowest BCUT2D eigenvalue weighted by atomic mass is 10.1. The molecule has 4 heteroatoms. The fourth-order valence-electron chi connectivity index (χ4n) is 0.922. The van der Waals surface area contributed by atoms with Crippen molar-refractivity contribution < 1.29 is 18.7 Å². The monoisotopic (exact) mass is 186 g/mol. The minimum absolute atomic E-state index is 0.126. The van der Waals surface area contributed by atoms with E-state index in [2.05, 4.69) is 0 Å². The SMILES string of the molecule is CC(F)(F)c1ccc(O)c(C=O)c1. The van der Waals surface area contributed by atoms with E-state index in [-0.39, 0.29) is 16.9 Å². The van der Waals surface area contributed by atoms with Crippen LogP contribution in [0.2, 0.25) is 0 Å². The van der Waals surface area contributed by atoms with Gasteiger partial charge in [0.15, 0.2) is 6.29 Å². The van der Waals surface area contributed by atoms with E-state index in [9.17, 15) is 13.6 Å². The minimum atomic E-state index is -2.99. The van der Waals surface area contributed by atoms with Crippen LogP contribution in [-0.2, 0) is 5.92 Å². The number of carbonyl (C=O) groups is 1. The number of aldehydes is 1. The van der Waals surface area contributed by atoms with Gasteiger partial charge in [-0.1, -0.05) is 0 Å². The highest BCUT2D eigenvalue weighted by molar-refractivity contribution is 5.79. The summed E-state index contributed by atoms with van der Waals surface area (Å²) in [5.74, 6) is -3.28. The Hall–Kier alpha value is -1.45. The molecule has 1 aromatic rings. The average Bonchev–Trinajstić information content (AvgIpc) is 2.03. The molecule has 0 radical (unpaired) electrons. The molecule has 0 heterocycles. The summed E-state index contributed by atoms with van der Waals surface area (Å²) in [6.45, 7) is 0.730. The van der Waals surface area contributed by atoms with Crippen molar-refractivity contribution in [2.75, 3.05) is 0 Å². The second-order valence-corrected chi connectivity index (χ2v) is 2.78. The molecule has 1 aromatic carbocycles. The fraction of sp³-hybridized carbons (Fsp3) is 0.222. The van der Waals surface area contributed by atoms with Crippen LogP contribution in [0.5, 0.6) is 5.75 Å². The molecule has 0 amide bonds. The van der Waals surface area contributed by atoms with Gasteiger partial charge in [0.1, 0.15) is 5.75 Å². The van der Waals surface area contributed by atoms with Crippen molar-refractivity contribution in [1.29, 1.82) is 0 Å². The van der Waals surface area contributed by atoms with Crippen molar-refractivity contribution in [2.45, 2.75) is 12.8 Å². The zero-order valence-electron chi connectivity index (χ0n) is 6.92. The lowest BCUT2D eigenvalue weighted by molar-refractivity contribution is 0.0174. The summed E-state index contributed by atoms with van der Waals surface area (Å²) >= 11 is 0. The fourth-order valence-corrected chi connectivity index (χ4v) is 0.922. The van der Waals surface area contributed by atoms with Crippen molar-refractivity contribution in [3.8, 4) is 5.75 Å². The van der Waals surface area contributed by atoms with Crippen molar-refractivity contribution in [3.05, 3.63) is 29.3 Å². The highest BCUT2D eigenvalue weighted by Gasteiger charge is 2.24. The van der Waals surface area contributed by atoms with E-state index in [1.54, 1.807) is 0 Å². The molecule has 0 fully saturated rings. The number of rotatable bonds is 2. The number of hydrogen-bond donors (Lipinski definition) is 1. The molecule has 0 saturated heterocycles. The first-order valence-electron chi connectivity index (χ1n) is 3.61. The topological polar surface area (TPSA) is 37.3 Å². The van der Waals surface area contributed by atoms with Crippen LogP contribution in [0.1, 0.15) is 22.8 Å². The van der Waals surface area contributed by atoms with E-state index in [1.165, 1.54) is 0 Å². The average molecular weight is 186 g/mol. The Morgan fingerprint density at radius 2 is 2.08 bits per heavy atom. The minimum Gasteiger partial charge on any atom is -0.507 e. The number of benzene rings is 1. The molecule has 1 rings (SSSR count). The van der Waals surface area contributed by atoms with Crippen LogP contribution >= 0.6 is 0 Å². The Balaban J connectivity index is 3.21. The molecule has 0 aliphatic heterocycles. The van der Waals surface area contributed by atoms with Crippen LogP contribution in [0.25, 0.3) is 0 Å². The lowest BCUT2D eigenvalue weighted by Gasteiger charge is -2.10. The second kappa shape index (κ2) is 3.12. The van der Waals surface area contributed by atoms with Gasteiger partial charge in [0.05, 0.1) is 5.56 Å². The normalized spacial score (nSPS) is 11.3. The quantitative estimate of drug-likeness (QED) is 0.719. The largest absolute Gasteiger partial charge is 0.507 e. The van der Waals surface area contributed by atoms with Crippen LogP contribution in [0.4, 0.5) is 8.78 Å². The Morgan fingerprint density at radius 3 is 2.54 bits per heavy atom. The maximum absolute atomic E-state index is 12.7. The molecule has 70 valence electrons. The van der Waals surface area contributed by atoms with E-state index < -0.39 is 5.92 Å². The van der Waals surface area contributed by atoms with Crippen LogP contribution in [0, 0.1) is 0 Å². The van der Waals surface area contributed by atoms with Crippen LogP contribution in [-0.4, -0.2) is 11.4 Å². The summed E-state index contributed by atoms with van der Waals surface area (Å²) in [6, 6.07) is 3.14. The van der Waals surface area contributed by atoms with Crippen molar-refractivity contribution in [1.82, 2.24) is 0 Å². The number of halogens is 2. The van der Waals surface area contributed by atoms with E-state index in [0.717, 1.165) is 25.1 Å². The second-order valence-electron chi connectivity index (χ2n) is 2.78. The Labute approximate surface area is 73.8 Å². The Morgan fingerprint density at radius 1 is 1.46 bits per heavy atom. The van der Waals surface area contributed by atoms with Crippen LogP contribution in [0.3, 0.4) is 0 Å². The van der Waals surface area contributed by atoms with Gasteiger partial charge in [-0.15, -0.1) is 0 Å². The summed E-state index contributed by atoms with van der Waals surface area (Å²) in [5.41, 5.74) is -0.411. The molecule has 0 aromatic heterocycles. The first kappa shape index (κ1) is 9.64. The number of phenolic OH excluding ortho intramolecular Hbond substituents is 1. The van der Waals surface area contributed by atoms with Crippen molar-refractivity contribution >= 4 is 6.29 Å². The first-order chi connectivity index (χ1) is 5.95. The molecule has 2 nitrogen and oxygen atoms in total. The smallest absolute Gasteiger partial charge is 0.270 e. The van der Waals surface area contributed by atoms with E-state index >= 15 is 0 Å². The number of phenols is 1. The molecule has 0 atom stereocenters. The standard InChI is InChI=1S/C9H8F2O2/c1-9(10,11)7-2-3-8(13)6(4-7)5-12/h2-5,13H,1H3. The van der Waals surface area contributed by atoms with Gasteiger partial charge in [-0.25, -0.2) is 8.78 Å². The number of aromatic hydroxyl groups is 1. The Bertz CT molecular complexity index is 329. The van der Waals surface area contributed by atoms with E-state index in [1.807, 2.05) is 0 Å². The van der Waals surface area contributed by atoms with Gasteiger partial charge in [-0.2, -0.15) is 0 Å². The van der Waals surface area contributed by atoms with Crippen LogP contribution < -0.4 is 0 Å². The molecule has 0 spiro atoms. The highest BCUT2D eigenvalue weighted by atomic mass is 19.3. The molecule has 0 aliphatic carbocycles. The van der Waals surface area contributed by atoms with E-state index in [0.29, 0.717) is 6.29 Å². The van der Waals surface area contributed by atoms with E-state index in [4.69, 9.17) is 5.11 Å². The first-order valence-corrected chi connectivity index (χ1v) is 3.61. The molecular weight excluding hydrogens is 178 g/mol. The lowest BCUT2D eigenvalue weighted by Crippen LogP contribution is -2.07. The summed E-state index contributed by atoms with van der Waals surface area (Å²) in [7, 11) is 0. The van der Waals surface area contributed by atoms with Gasteiger partial charge < -0.3 is 5.11 Å². The van der Waals surface area contributed by atoms with Gasteiger partial charge in [0.2, 0.25) is 0 Å². The van der Waals surface area contributed by atoms with Gasteiger partial charge >= 0.3 is 0 Å². The number of carbonyl (C=O) groups excluding carboxylic acids is 1. The molecular formula is C9H8F2O2. The third-order valence-corrected chi connectivity index (χ3v) is 1.66. The third-order valence-electron chi connectivity index (χ3n) is 1.66. The van der Waals surface area contributed by atoms with Gasteiger partial charge in [-0.05, 0) is 18.2 Å². The summed E-state index contributed by atoms with van der Waals surface area (Å²) in [6.07, 6.45) is 0.338.